The van der Waals surface area contributed by atoms with Gasteiger partial charge in [-0.15, -0.1) is 0 Å². The topological polar surface area (TPSA) is 43.3 Å². The van der Waals surface area contributed by atoms with Crippen molar-refractivity contribution in [2.24, 2.45) is 0 Å². The molecule has 0 aliphatic heterocycles. The van der Waals surface area contributed by atoms with Crippen molar-refractivity contribution in [1.29, 1.82) is 0 Å². The van der Waals surface area contributed by atoms with Crippen LogP contribution in [0.3, 0.4) is 0 Å². The van der Waals surface area contributed by atoms with Crippen LogP contribution in [-0.2, 0) is 13.1 Å². The molecule has 2 rings (SSSR count). The molecule has 0 aliphatic rings. The first-order valence-electron chi connectivity index (χ1n) is 7.15. The van der Waals surface area contributed by atoms with Gasteiger partial charge < -0.3 is 14.6 Å². The Labute approximate surface area is 125 Å². The molecule has 0 aliphatic carbocycles. The fourth-order valence-electron chi connectivity index (χ4n) is 2.47. The molecule has 0 spiro atoms. The highest BCUT2D eigenvalue weighted by atomic mass is 16.5. The Hall–Kier alpha value is -2.07. The van der Waals surface area contributed by atoms with Gasteiger partial charge in [-0.2, -0.15) is 0 Å². The maximum Gasteiger partial charge on any atom is 0.250 e. The predicted octanol–water partition coefficient (Wildman–Crippen LogP) is 2.26. The van der Waals surface area contributed by atoms with Gasteiger partial charge in [-0.05, 0) is 43.7 Å². The summed E-state index contributed by atoms with van der Waals surface area (Å²) in [6, 6.07) is 9.42. The molecular formula is C17H22N2O2. The van der Waals surface area contributed by atoms with Crippen LogP contribution < -0.4 is 15.6 Å². The third-order valence-electron chi connectivity index (χ3n) is 3.38. The summed E-state index contributed by atoms with van der Waals surface area (Å²) in [5.41, 5.74) is 3.50. The van der Waals surface area contributed by atoms with Gasteiger partial charge in [-0.1, -0.05) is 18.2 Å². The van der Waals surface area contributed by atoms with Crippen LogP contribution in [-0.4, -0.2) is 18.2 Å². The van der Waals surface area contributed by atoms with E-state index in [1.54, 1.807) is 22.9 Å². The first kappa shape index (κ1) is 15.3. The highest BCUT2D eigenvalue weighted by Crippen LogP contribution is 2.24. The number of nitrogens with zero attached hydrogens (tertiary/aromatic N) is 1. The largest absolute Gasteiger partial charge is 0.491 e. The van der Waals surface area contributed by atoms with E-state index in [9.17, 15) is 4.79 Å². The van der Waals surface area contributed by atoms with Gasteiger partial charge in [-0.25, -0.2) is 0 Å². The van der Waals surface area contributed by atoms with Crippen LogP contribution >= 0.6 is 0 Å². The summed E-state index contributed by atoms with van der Waals surface area (Å²) in [6.07, 6.45) is 1.78. The summed E-state index contributed by atoms with van der Waals surface area (Å²) >= 11 is 0. The van der Waals surface area contributed by atoms with Gasteiger partial charge in [0, 0.05) is 18.8 Å². The Kier molecular flexibility index (Phi) is 5.17. The molecule has 1 aromatic heterocycles. The van der Waals surface area contributed by atoms with Crippen LogP contribution in [0.25, 0.3) is 0 Å². The molecule has 4 heteroatoms. The molecule has 1 aromatic carbocycles. The van der Waals surface area contributed by atoms with E-state index in [2.05, 4.69) is 31.3 Å². The standard InChI is InChI=1S/C17H22N2O2/c1-13-10-15(12-18-3)11-14(2)17(13)21-9-8-19-7-5-4-6-16(19)20/h4-7,10-11,18H,8-9,12H2,1-3H3. The van der Waals surface area contributed by atoms with E-state index in [1.165, 1.54) is 5.56 Å². The molecule has 112 valence electrons. The Bertz CT molecular complexity index is 639. The number of benzene rings is 1. The molecule has 0 saturated carbocycles. The number of rotatable bonds is 6. The molecule has 1 heterocycles. The number of hydrogen-bond acceptors (Lipinski definition) is 3. The molecule has 0 radical (unpaired) electrons. The lowest BCUT2D eigenvalue weighted by molar-refractivity contribution is 0.292. The SMILES string of the molecule is CNCc1cc(C)c(OCCn2ccccc2=O)c(C)c1. The second-order valence-corrected chi connectivity index (χ2v) is 5.17. The van der Waals surface area contributed by atoms with Crippen LogP contribution in [0.1, 0.15) is 16.7 Å². The molecule has 0 amide bonds. The van der Waals surface area contributed by atoms with E-state index in [0.29, 0.717) is 13.2 Å². The summed E-state index contributed by atoms with van der Waals surface area (Å²) in [4.78, 5) is 11.6. The van der Waals surface area contributed by atoms with Gasteiger partial charge in [0.25, 0.3) is 5.56 Å². The van der Waals surface area contributed by atoms with Crippen LogP contribution in [0.5, 0.6) is 5.75 Å². The maximum atomic E-state index is 11.6. The van der Waals surface area contributed by atoms with E-state index in [-0.39, 0.29) is 5.56 Å². The molecule has 0 fully saturated rings. The molecule has 0 atom stereocenters. The average Bonchev–Trinajstić information content (AvgIpc) is 2.44. The zero-order chi connectivity index (χ0) is 15.2. The highest BCUT2D eigenvalue weighted by Gasteiger charge is 2.06. The molecule has 0 unspecified atom stereocenters. The van der Waals surface area contributed by atoms with Crippen molar-refractivity contribution in [2.75, 3.05) is 13.7 Å². The first-order chi connectivity index (χ1) is 10.1. The van der Waals surface area contributed by atoms with E-state index in [4.69, 9.17) is 4.74 Å². The molecule has 21 heavy (non-hydrogen) atoms. The van der Waals surface area contributed by atoms with Crippen LogP contribution in [0.2, 0.25) is 0 Å². The molecule has 0 saturated heterocycles. The van der Waals surface area contributed by atoms with Gasteiger partial charge in [0.1, 0.15) is 12.4 Å². The average molecular weight is 286 g/mol. The zero-order valence-electron chi connectivity index (χ0n) is 12.8. The van der Waals surface area contributed by atoms with Crippen molar-refractivity contribution >= 4 is 0 Å². The Balaban J connectivity index is 2.03. The van der Waals surface area contributed by atoms with Crippen molar-refractivity contribution < 1.29 is 4.74 Å². The Morgan fingerprint density at radius 2 is 1.90 bits per heavy atom. The summed E-state index contributed by atoms with van der Waals surface area (Å²) in [6.45, 7) is 5.99. The minimum absolute atomic E-state index is 0.00101. The summed E-state index contributed by atoms with van der Waals surface area (Å²) in [5, 5.41) is 3.15. The summed E-state index contributed by atoms with van der Waals surface area (Å²) < 4.78 is 7.53. The normalized spacial score (nSPS) is 10.6. The lowest BCUT2D eigenvalue weighted by Crippen LogP contribution is -2.21. The van der Waals surface area contributed by atoms with E-state index < -0.39 is 0 Å². The second kappa shape index (κ2) is 7.09. The minimum atomic E-state index is -0.00101. The smallest absolute Gasteiger partial charge is 0.250 e. The summed E-state index contributed by atoms with van der Waals surface area (Å²) in [7, 11) is 1.94. The number of ether oxygens (including phenoxy) is 1. The molecule has 4 nitrogen and oxygen atoms in total. The number of aryl methyl sites for hydroxylation is 2. The van der Waals surface area contributed by atoms with Crippen LogP contribution in [0.4, 0.5) is 0 Å². The lowest BCUT2D eigenvalue weighted by Gasteiger charge is -2.14. The summed E-state index contributed by atoms with van der Waals surface area (Å²) in [5.74, 6) is 0.916. The molecule has 0 bridgehead atoms. The minimum Gasteiger partial charge on any atom is -0.491 e. The highest BCUT2D eigenvalue weighted by molar-refractivity contribution is 5.43. The zero-order valence-corrected chi connectivity index (χ0v) is 12.8. The second-order valence-electron chi connectivity index (χ2n) is 5.17. The lowest BCUT2D eigenvalue weighted by atomic mass is 10.1. The fourth-order valence-corrected chi connectivity index (χ4v) is 2.47. The van der Waals surface area contributed by atoms with Gasteiger partial charge in [-0.3, -0.25) is 4.79 Å². The van der Waals surface area contributed by atoms with Gasteiger partial charge >= 0.3 is 0 Å². The van der Waals surface area contributed by atoms with Gasteiger partial charge in [0.15, 0.2) is 0 Å². The quantitative estimate of drug-likeness (QED) is 0.886. The number of hydrogen-bond donors (Lipinski definition) is 1. The third kappa shape index (κ3) is 3.95. The van der Waals surface area contributed by atoms with E-state index in [1.807, 2.05) is 13.1 Å². The van der Waals surface area contributed by atoms with Crippen LogP contribution in [0, 0.1) is 13.8 Å². The predicted molar refractivity (Wildman–Crippen MR) is 84.9 cm³/mol. The molecular weight excluding hydrogens is 264 g/mol. The van der Waals surface area contributed by atoms with Crippen molar-refractivity contribution in [3.63, 3.8) is 0 Å². The molecule has 2 aromatic rings. The van der Waals surface area contributed by atoms with Crippen molar-refractivity contribution in [2.45, 2.75) is 26.9 Å². The molecule has 1 N–H and O–H groups in total. The van der Waals surface area contributed by atoms with Crippen LogP contribution in [0.15, 0.2) is 41.3 Å². The number of pyridine rings is 1. The number of aromatic nitrogens is 1. The third-order valence-corrected chi connectivity index (χ3v) is 3.38. The van der Waals surface area contributed by atoms with Crippen molar-refractivity contribution in [3.05, 3.63) is 63.6 Å². The van der Waals surface area contributed by atoms with E-state index in [0.717, 1.165) is 23.4 Å². The van der Waals surface area contributed by atoms with E-state index >= 15 is 0 Å². The fraction of sp³-hybridized carbons (Fsp3) is 0.353. The maximum absolute atomic E-state index is 11.6. The number of nitrogens with one attached hydrogen (secondary N) is 1. The van der Waals surface area contributed by atoms with Gasteiger partial charge in [0.2, 0.25) is 0 Å². The Morgan fingerprint density at radius 1 is 1.19 bits per heavy atom. The van der Waals surface area contributed by atoms with Gasteiger partial charge in [0.05, 0.1) is 6.54 Å². The monoisotopic (exact) mass is 286 g/mol. The first-order valence-corrected chi connectivity index (χ1v) is 7.15. The van der Waals surface area contributed by atoms with Crippen molar-refractivity contribution in [3.8, 4) is 5.75 Å². The van der Waals surface area contributed by atoms with Crippen molar-refractivity contribution in [1.82, 2.24) is 9.88 Å². The Morgan fingerprint density at radius 3 is 2.52 bits per heavy atom.